The van der Waals surface area contributed by atoms with Crippen LogP contribution in [0.5, 0.6) is 0 Å². The smallest absolute Gasteiger partial charge is 0.254 e. The molecule has 0 aromatic heterocycles. The van der Waals surface area contributed by atoms with Gasteiger partial charge in [0.1, 0.15) is 0 Å². The molecule has 1 aliphatic rings. The van der Waals surface area contributed by atoms with Crippen LogP contribution in [0.3, 0.4) is 0 Å². The van der Waals surface area contributed by atoms with Crippen LogP contribution in [0, 0.1) is 0 Å². The van der Waals surface area contributed by atoms with Crippen molar-refractivity contribution < 1.29 is 4.79 Å². The second-order valence-corrected chi connectivity index (χ2v) is 6.69. The van der Waals surface area contributed by atoms with Crippen molar-refractivity contribution in [3.05, 3.63) is 11.8 Å². The number of nitrogens with two attached hydrogens (primary N) is 1. The molecule has 0 spiro atoms. The van der Waals surface area contributed by atoms with Crippen molar-refractivity contribution in [2.45, 2.75) is 65.5 Å². The zero-order chi connectivity index (χ0) is 16.8. The van der Waals surface area contributed by atoms with Crippen LogP contribution in [0.25, 0.3) is 0 Å². The van der Waals surface area contributed by atoms with Crippen LogP contribution in [0.2, 0.25) is 0 Å². The minimum Gasteiger partial charge on any atom is -0.404 e. The van der Waals surface area contributed by atoms with Crippen LogP contribution in [0.15, 0.2) is 16.8 Å². The highest BCUT2D eigenvalue weighted by atomic mass is 16.1. The van der Waals surface area contributed by atoms with Crippen LogP contribution < -0.4 is 11.1 Å². The van der Waals surface area contributed by atoms with Gasteiger partial charge in [0, 0.05) is 43.1 Å². The Kier molecular flexibility index (Phi) is 7.07. The number of carbonyl (C=O) groups excluding carboxylic acids is 1. The number of nitrogens with zero attached hydrogens (tertiary/aromatic N) is 2. The summed E-state index contributed by atoms with van der Waals surface area (Å²) < 4.78 is 0. The van der Waals surface area contributed by atoms with E-state index >= 15 is 0 Å². The number of amides is 1. The molecule has 1 fully saturated rings. The average Bonchev–Trinajstić information content (AvgIpc) is 2.45. The van der Waals surface area contributed by atoms with E-state index in [1.54, 1.807) is 0 Å². The molecule has 5 heteroatoms. The molecule has 0 aliphatic carbocycles. The summed E-state index contributed by atoms with van der Waals surface area (Å²) >= 11 is 0. The van der Waals surface area contributed by atoms with E-state index in [-0.39, 0.29) is 11.4 Å². The van der Waals surface area contributed by atoms with Crippen LogP contribution >= 0.6 is 0 Å². The molecule has 0 aromatic carbocycles. The molecule has 0 unspecified atom stereocenters. The van der Waals surface area contributed by atoms with E-state index in [1.165, 1.54) is 6.20 Å². The summed E-state index contributed by atoms with van der Waals surface area (Å²) in [6, 6.07) is 0.558. The van der Waals surface area contributed by atoms with Gasteiger partial charge >= 0.3 is 0 Å². The zero-order valence-electron chi connectivity index (χ0n) is 14.8. The summed E-state index contributed by atoms with van der Waals surface area (Å²) in [6.45, 7) is 13.2. The van der Waals surface area contributed by atoms with Gasteiger partial charge < -0.3 is 16.0 Å². The van der Waals surface area contributed by atoms with Crippen LogP contribution in [-0.4, -0.2) is 47.7 Å². The van der Waals surface area contributed by atoms with Gasteiger partial charge in [-0.05, 0) is 47.0 Å². The second-order valence-electron chi connectivity index (χ2n) is 6.69. The minimum absolute atomic E-state index is 0.111. The molecule has 0 radical (unpaired) electrons. The molecule has 3 N–H and O–H groups in total. The highest BCUT2D eigenvalue weighted by Crippen LogP contribution is 2.23. The molecule has 126 valence electrons. The first kappa shape index (κ1) is 18.7. The predicted octanol–water partition coefficient (Wildman–Crippen LogP) is 2.08. The normalized spacial score (nSPS) is 20.3. The fraction of sp³-hybridized carbons (Fsp3) is 0.765. The van der Waals surface area contributed by atoms with Crippen molar-refractivity contribution in [2.24, 2.45) is 10.7 Å². The van der Waals surface area contributed by atoms with Crippen molar-refractivity contribution in [1.29, 1.82) is 0 Å². The fourth-order valence-electron chi connectivity index (χ4n) is 2.73. The average molecular weight is 308 g/mol. The number of hydrogen-bond acceptors (Lipinski definition) is 4. The number of hydrogen-bond donors (Lipinski definition) is 2. The van der Waals surface area contributed by atoms with Crippen molar-refractivity contribution in [2.75, 3.05) is 19.6 Å². The molecule has 0 saturated carbocycles. The molecule has 0 bridgehead atoms. The molecule has 5 nitrogen and oxygen atoms in total. The second kappa shape index (κ2) is 8.32. The van der Waals surface area contributed by atoms with E-state index in [4.69, 9.17) is 5.73 Å². The number of piperidine rings is 1. The van der Waals surface area contributed by atoms with Gasteiger partial charge in [-0.1, -0.05) is 6.92 Å². The molecule has 1 rings (SSSR count). The van der Waals surface area contributed by atoms with Crippen LogP contribution in [-0.2, 0) is 4.79 Å². The highest BCUT2D eigenvalue weighted by Gasteiger charge is 2.33. The Morgan fingerprint density at radius 1 is 1.41 bits per heavy atom. The highest BCUT2D eigenvalue weighted by molar-refractivity contribution is 6.20. The van der Waals surface area contributed by atoms with E-state index in [1.807, 2.05) is 6.92 Å². The Morgan fingerprint density at radius 2 is 2.00 bits per heavy atom. The van der Waals surface area contributed by atoms with Crippen LogP contribution in [0.1, 0.15) is 53.9 Å². The van der Waals surface area contributed by atoms with Crippen molar-refractivity contribution in [3.8, 4) is 0 Å². The Balaban J connectivity index is 2.67. The fourth-order valence-corrected chi connectivity index (χ4v) is 2.73. The first-order chi connectivity index (χ1) is 10.3. The summed E-state index contributed by atoms with van der Waals surface area (Å²) in [7, 11) is 0. The first-order valence-corrected chi connectivity index (χ1v) is 8.33. The minimum atomic E-state index is -0.165. The van der Waals surface area contributed by atoms with Gasteiger partial charge in [0.05, 0.1) is 5.57 Å². The Labute approximate surface area is 135 Å². The molecular formula is C17H32N4O. The molecule has 22 heavy (non-hydrogen) atoms. The summed E-state index contributed by atoms with van der Waals surface area (Å²) in [4.78, 5) is 19.3. The SMILES string of the molecule is CCCN=C(C)/C(=C\N)C(=O)NC1(C)CCN(C(C)C)CC1. The number of likely N-dealkylation sites (tertiary alicyclic amines) is 1. The van der Waals surface area contributed by atoms with E-state index < -0.39 is 0 Å². The van der Waals surface area contributed by atoms with Gasteiger partial charge in [0.25, 0.3) is 5.91 Å². The zero-order valence-corrected chi connectivity index (χ0v) is 14.8. The lowest BCUT2D eigenvalue weighted by molar-refractivity contribution is -0.119. The number of nitrogens with one attached hydrogen (secondary N) is 1. The van der Waals surface area contributed by atoms with Gasteiger partial charge in [-0.15, -0.1) is 0 Å². The van der Waals surface area contributed by atoms with E-state index in [2.05, 4.69) is 42.9 Å². The summed E-state index contributed by atoms with van der Waals surface area (Å²) in [5.74, 6) is -0.111. The van der Waals surface area contributed by atoms with E-state index in [0.29, 0.717) is 17.3 Å². The van der Waals surface area contributed by atoms with Gasteiger partial charge in [0.15, 0.2) is 0 Å². The molecule has 0 aromatic rings. The number of rotatable bonds is 6. The Morgan fingerprint density at radius 3 is 2.45 bits per heavy atom. The maximum atomic E-state index is 12.5. The predicted molar refractivity (Wildman–Crippen MR) is 93.0 cm³/mol. The Bertz CT molecular complexity index is 432. The van der Waals surface area contributed by atoms with Crippen LogP contribution in [0.4, 0.5) is 0 Å². The lowest BCUT2D eigenvalue weighted by atomic mass is 9.88. The third kappa shape index (κ3) is 5.13. The standard InChI is InChI=1S/C17H32N4O/c1-6-9-19-14(4)15(12-18)16(22)20-17(5)7-10-21(11-8-17)13(2)3/h12-13H,6-11,18H2,1-5H3,(H,20,22)/b15-12+,19-14?. The van der Waals surface area contributed by atoms with Gasteiger partial charge in [-0.2, -0.15) is 0 Å². The Hall–Kier alpha value is -1.36. The summed E-state index contributed by atoms with van der Waals surface area (Å²) in [5, 5.41) is 3.17. The first-order valence-electron chi connectivity index (χ1n) is 8.33. The number of aliphatic imine (C=N–C) groups is 1. The summed E-state index contributed by atoms with van der Waals surface area (Å²) in [6.07, 6.45) is 4.25. The van der Waals surface area contributed by atoms with Crippen molar-refractivity contribution in [1.82, 2.24) is 10.2 Å². The molecule has 1 amide bonds. The largest absolute Gasteiger partial charge is 0.404 e. The lowest BCUT2D eigenvalue weighted by Crippen LogP contribution is -2.55. The monoisotopic (exact) mass is 308 g/mol. The van der Waals surface area contributed by atoms with Gasteiger partial charge in [0.2, 0.25) is 0 Å². The van der Waals surface area contributed by atoms with E-state index in [9.17, 15) is 4.79 Å². The third-order valence-corrected chi connectivity index (χ3v) is 4.42. The maximum absolute atomic E-state index is 12.5. The van der Waals surface area contributed by atoms with Crippen molar-refractivity contribution >= 4 is 11.6 Å². The van der Waals surface area contributed by atoms with Crippen molar-refractivity contribution in [3.63, 3.8) is 0 Å². The van der Waals surface area contributed by atoms with Gasteiger partial charge in [-0.25, -0.2) is 0 Å². The molecule has 1 saturated heterocycles. The third-order valence-electron chi connectivity index (χ3n) is 4.42. The van der Waals surface area contributed by atoms with E-state index in [0.717, 1.165) is 38.9 Å². The molecule has 1 heterocycles. The quantitative estimate of drug-likeness (QED) is 0.583. The number of carbonyl (C=O) groups is 1. The molecule has 0 atom stereocenters. The van der Waals surface area contributed by atoms with Gasteiger partial charge in [-0.3, -0.25) is 9.79 Å². The summed E-state index contributed by atoms with van der Waals surface area (Å²) in [5.41, 5.74) is 6.68. The topological polar surface area (TPSA) is 70.7 Å². The lowest BCUT2D eigenvalue weighted by Gasteiger charge is -2.41. The maximum Gasteiger partial charge on any atom is 0.254 e. The molecular weight excluding hydrogens is 276 g/mol. The molecule has 1 aliphatic heterocycles.